The Hall–Kier alpha value is -2.90. The highest BCUT2D eigenvalue weighted by Crippen LogP contribution is 2.33. The molecular weight excluding hydrogens is 398 g/mol. The van der Waals surface area contributed by atoms with Crippen LogP contribution in [0.1, 0.15) is 16.1 Å². The number of aromatic nitrogens is 1. The minimum absolute atomic E-state index is 0.129. The maximum Gasteiger partial charge on any atom is 0.270 e. The van der Waals surface area contributed by atoms with Gasteiger partial charge in [-0.15, -0.1) is 0 Å². The van der Waals surface area contributed by atoms with Crippen LogP contribution < -0.4 is 5.32 Å². The monoisotopic (exact) mass is 413 g/mol. The summed E-state index contributed by atoms with van der Waals surface area (Å²) in [5.74, 6) is -0.365. The van der Waals surface area contributed by atoms with Crippen molar-refractivity contribution in [1.82, 2.24) is 10.3 Å². The van der Waals surface area contributed by atoms with Gasteiger partial charge in [-0.2, -0.15) is 0 Å². The van der Waals surface area contributed by atoms with Gasteiger partial charge in [0.15, 0.2) is 0 Å². The number of nitrogens with one attached hydrogen (secondary N) is 1. The zero-order valence-corrected chi connectivity index (χ0v) is 16.2. The number of nitro groups is 1. The number of halogens is 1. The molecule has 6 nitrogen and oxygen atoms in total. The molecule has 3 aromatic rings. The molecule has 0 fully saturated rings. The molecule has 0 atom stereocenters. The number of carbonyl (C=O) groups is 1. The lowest BCUT2D eigenvalue weighted by molar-refractivity contribution is -0.384. The second-order valence-corrected chi connectivity index (χ2v) is 7.37. The molecule has 0 bridgehead atoms. The van der Waals surface area contributed by atoms with Crippen LogP contribution in [0.4, 0.5) is 5.69 Å². The number of non-ortho nitro benzene ring substituents is 1. The van der Waals surface area contributed by atoms with Crippen molar-refractivity contribution in [2.45, 2.75) is 16.2 Å². The van der Waals surface area contributed by atoms with E-state index in [1.165, 1.54) is 23.9 Å². The largest absolute Gasteiger partial charge is 0.352 e. The first kappa shape index (κ1) is 19.9. The zero-order valence-electron chi connectivity index (χ0n) is 14.7. The normalized spacial score (nSPS) is 10.5. The van der Waals surface area contributed by atoms with Crippen LogP contribution in [0.2, 0.25) is 5.02 Å². The molecule has 0 aliphatic heterocycles. The summed E-state index contributed by atoms with van der Waals surface area (Å²) in [7, 11) is 0. The average molecular weight is 414 g/mol. The van der Waals surface area contributed by atoms with Crippen molar-refractivity contribution < 1.29 is 9.72 Å². The molecule has 3 rings (SSSR count). The van der Waals surface area contributed by atoms with Gasteiger partial charge in [0.05, 0.1) is 10.5 Å². The average Bonchev–Trinajstić information content (AvgIpc) is 2.70. The Morgan fingerprint density at radius 2 is 1.93 bits per heavy atom. The summed E-state index contributed by atoms with van der Waals surface area (Å²) < 4.78 is 0. The summed E-state index contributed by atoms with van der Waals surface area (Å²) in [6.45, 7) is 0.379. The van der Waals surface area contributed by atoms with Gasteiger partial charge in [-0.3, -0.25) is 19.9 Å². The van der Waals surface area contributed by atoms with Gasteiger partial charge in [0.2, 0.25) is 0 Å². The van der Waals surface area contributed by atoms with Gasteiger partial charge in [0, 0.05) is 51.8 Å². The molecule has 0 saturated carbocycles. The van der Waals surface area contributed by atoms with E-state index in [9.17, 15) is 14.9 Å². The van der Waals surface area contributed by atoms with Crippen molar-refractivity contribution in [3.05, 3.63) is 93.3 Å². The quantitative estimate of drug-likeness (QED) is 0.445. The molecule has 142 valence electrons. The number of carbonyl (C=O) groups excluding carboxylic acids is 1. The third kappa shape index (κ3) is 5.31. The van der Waals surface area contributed by atoms with E-state index in [1.54, 1.807) is 24.4 Å². The maximum atomic E-state index is 12.7. The summed E-state index contributed by atoms with van der Waals surface area (Å²) in [5, 5.41) is 14.6. The van der Waals surface area contributed by atoms with Gasteiger partial charge >= 0.3 is 0 Å². The van der Waals surface area contributed by atoms with Crippen molar-refractivity contribution >= 4 is 35.0 Å². The summed E-state index contributed by atoms with van der Waals surface area (Å²) >= 11 is 7.25. The number of benzene rings is 2. The van der Waals surface area contributed by atoms with E-state index >= 15 is 0 Å². The molecule has 0 spiro atoms. The van der Waals surface area contributed by atoms with E-state index in [0.717, 1.165) is 10.6 Å². The number of hydrogen-bond donors (Lipinski definition) is 1. The van der Waals surface area contributed by atoms with E-state index in [-0.39, 0.29) is 17.2 Å². The van der Waals surface area contributed by atoms with Crippen molar-refractivity contribution in [2.24, 2.45) is 0 Å². The number of hydrogen-bond acceptors (Lipinski definition) is 5. The van der Waals surface area contributed by atoms with Crippen molar-refractivity contribution in [2.75, 3.05) is 6.54 Å². The summed E-state index contributed by atoms with van der Waals surface area (Å²) in [5.41, 5.74) is 0.989. The van der Waals surface area contributed by atoms with Gasteiger partial charge in [0.25, 0.3) is 11.6 Å². The SMILES string of the molecule is O=C(NCCc1ccccn1)c1cc([N+](=O)[O-])ccc1Sc1ccc(Cl)cc1. The Morgan fingerprint density at radius 1 is 1.14 bits per heavy atom. The van der Waals surface area contributed by atoms with Crippen LogP contribution in [0.25, 0.3) is 0 Å². The van der Waals surface area contributed by atoms with Crippen LogP contribution >= 0.6 is 23.4 Å². The minimum atomic E-state index is -0.512. The van der Waals surface area contributed by atoms with Gasteiger partial charge < -0.3 is 5.32 Å². The Balaban J connectivity index is 1.77. The maximum absolute atomic E-state index is 12.7. The first-order chi connectivity index (χ1) is 13.5. The van der Waals surface area contributed by atoms with Crippen molar-refractivity contribution in [3.63, 3.8) is 0 Å². The molecule has 0 saturated heterocycles. The van der Waals surface area contributed by atoms with Crippen molar-refractivity contribution in [1.29, 1.82) is 0 Å². The molecule has 1 N–H and O–H groups in total. The van der Waals surface area contributed by atoms with E-state index in [0.29, 0.717) is 22.9 Å². The smallest absolute Gasteiger partial charge is 0.270 e. The molecule has 0 unspecified atom stereocenters. The van der Waals surface area contributed by atoms with E-state index < -0.39 is 4.92 Å². The van der Waals surface area contributed by atoms with Crippen LogP contribution in [-0.4, -0.2) is 22.4 Å². The number of rotatable bonds is 7. The van der Waals surface area contributed by atoms with Crippen LogP contribution in [0.3, 0.4) is 0 Å². The van der Waals surface area contributed by atoms with E-state index in [2.05, 4.69) is 10.3 Å². The Labute approximate surface area is 171 Å². The predicted molar refractivity (Wildman–Crippen MR) is 109 cm³/mol. The molecule has 0 aliphatic rings. The third-order valence-electron chi connectivity index (χ3n) is 3.85. The zero-order chi connectivity index (χ0) is 19.9. The summed E-state index contributed by atoms with van der Waals surface area (Å²) in [6.07, 6.45) is 2.26. The third-order valence-corrected chi connectivity index (χ3v) is 5.19. The first-order valence-electron chi connectivity index (χ1n) is 8.43. The highest BCUT2D eigenvalue weighted by molar-refractivity contribution is 7.99. The lowest BCUT2D eigenvalue weighted by atomic mass is 10.2. The predicted octanol–water partition coefficient (Wildman–Crippen LogP) is 4.77. The molecule has 1 aromatic heterocycles. The van der Waals surface area contributed by atoms with Gasteiger partial charge in [-0.25, -0.2) is 0 Å². The van der Waals surface area contributed by atoms with Gasteiger partial charge in [0.1, 0.15) is 0 Å². The van der Waals surface area contributed by atoms with Gasteiger partial charge in [-0.1, -0.05) is 29.4 Å². The molecule has 0 radical (unpaired) electrons. The second kappa shape index (κ2) is 9.34. The van der Waals surface area contributed by atoms with Gasteiger partial charge in [-0.05, 0) is 42.5 Å². The molecular formula is C20H16ClN3O3S. The van der Waals surface area contributed by atoms with Crippen molar-refractivity contribution in [3.8, 4) is 0 Å². The van der Waals surface area contributed by atoms with Crippen LogP contribution in [0.15, 0.2) is 76.7 Å². The number of nitrogens with zero attached hydrogens (tertiary/aromatic N) is 2. The minimum Gasteiger partial charge on any atom is -0.352 e. The molecule has 1 heterocycles. The fraction of sp³-hybridized carbons (Fsp3) is 0.100. The fourth-order valence-electron chi connectivity index (χ4n) is 2.47. The summed E-state index contributed by atoms with van der Waals surface area (Å²) in [6, 6.07) is 17.0. The Morgan fingerprint density at radius 3 is 2.61 bits per heavy atom. The molecule has 2 aromatic carbocycles. The van der Waals surface area contributed by atoms with Crippen LogP contribution in [0.5, 0.6) is 0 Å². The molecule has 1 amide bonds. The van der Waals surface area contributed by atoms with E-state index in [4.69, 9.17) is 11.6 Å². The first-order valence-corrected chi connectivity index (χ1v) is 9.62. The van der Waals surface area contributed by atoms with Crippen LogP contribution in [0, 0.1) is 10.1 Å². The lowest BCUT2D eigenvalue weighted by Crippen LogP contribution is -2.26. The molecule has 28 heavy (non-hydrogen) atoms. The summed E-state index contributed by atoms with van der Waals surface area (Å²) in [4.78, 5) is 29.0. The Kier molecular flexibility index (Phi) is 6.62. The Bertz CT molecular complexity index is 982. The fourth-order valence-corrected chi connectivity index (χ4v) is 3.52. The molecule has 8 heteroatoms. The van der Waals surface area contributed by atoms with Crippen LogP contribution in [-0.2, 0) is 6.42 Å². The second-order valence-electron chi connectivity index (χ2n) is 5.82. The number of nitro benzene ring substituents is 1. The lowest BCUT2D eigenvalue weighted by Gasteiger charge is -2.10. The highest BCUT2D eigenvalue weighted by Gasteiger charge is 2.17. The van der Waals surface area contributed by atoms with E-state index in [1.807, 2.05) is 30.3 Å². The number of amides is 1. The topological polar surface area (TPSA) is 85.1 Å². The molecule has 0 aliphatic carbocycles. The highest BCUT2D eigenvalue weighted by atomic mass is 35.5. The standard InChI is InChI=1S/C20H16ClN3O3S/c21-14-4-7-17(8-5-14)28-19-9-6-16(24(26)27)13-18(19)20(25)23-12-10-15-3-1-2-11-22-15/h1-9,11,13H,10,12H2,(H,23,25). The number of pyridine rings is 1.